The van der Waals surface area contributed by atoms with Crippen LogP contribution >= 0.6 is 0 Å². The molecule has 3 heteroatoms. The van der Waals surface area contributed by atoms with Crippen molar-refractivity contribution >= 4 is 20.8 Å². The summed E-state index contributed by atoms with van der Waals surface area (Å²) in [5.41, 5.74) is 0. The summed E-state index contributed by atoms with van der Waals surface area (Å²) in [6.07, 6.45) is 4.44. The Bertz CT molecular complexity index is 66.9. The van der Waals surface area contributed by atoms with E-state index < -0.39 is 0 Å². The molecule has 1 aliphatic rings. The predicted molar refractivity (Wildman–Crippen MR) is 27.4 cm³/mol. The fourth-order valence-corrected chi connectivity index (χ4v) is 0.236. The molecule has 0 aromatic rings. The second kappa shape index (κ2) is 2.63. The minimum atomic E-state index is 0. The molecule has 2 nitrogen and oxygen atoms in total. The molecular weight excluding hydrogens is 74.9 g/mol. The highest BCUT2D eigenvalue weighted by atomic mass is 15.2. The summed E-state index contributed by atoms with van der Waals surface area (Å²) < 4.78 is 0. The molecule has 29 valence electrons. The third kappa shape index (κ3) is 1.01. The third-order valence-electron chi connectivity index (χ3n) is 0.441. The lowest BCUT2D eigenvalue weighted by molar-refractivity contribution is 1.29. The average Bonchev–Trinajstić information content (AvgIpc) is 1.76. The number of hydrogen-bond acceptors (Lipinski definition) is 2. The highest BCUT2D eigenvalue weighted by Crippen LogP contribution is 1.78. The van der Waals surface area contributed by atoms with E-state index in [1.165, 1.54) is 0 Å². The van der Waals surface area contributed by atoms with Gasteiger partial charge in [-0.05, 0) is 0 Å². The lowest BCUT2D eigenvalue weighted by atomic mass is 10.5. The van der Waals surface area contributed by atoms with E-state index in [9.17, 15) is 0 Å². The summed E-state index contributed by atoms with van der Waals surface area (Å²) in [6, 6.07) is 0. The van der Waals surface area contributed by atoms with Gasteiger partial charge in [0.05, 0.1) is 0 Å². The van der Waals surface area contributed by atoms with Crippen molar-refractivity contribution in [1.29, 1.82) is 0 Å². The van der Waals surface area contributed by atoms with Crippen LogP contribution in [0.25, 0.3) is 0 Å². The van der Waals surface area contributed by atoms with Crippen LogP contribution in [0.5, 0.6) is 0 Å². The molecule has 1 rings (SSSR count). The Morgan fingerprint density at radius 2 is 1.67 bits per heavy atom. The largest absolute Gasteiger partial charge is 0.164 e. The lowest BCUT2D eigenvalue weighted by Gasteiger charge is -1.50. The van der Waals surface area contributed by atoms with Crippen molar-refractivity contribution in [2.75, 3.05) is 0 Å². The van der Waals surface area contributed by atoms with Crippen LogP contribution < -0.4 is 0 Å². The molecule has 0 aromatic heterocycles. The molecular formula is C3H4BN2. The van der Waals surface area contributed by atoms with Crippen LogP contribution in [0.4, 0.5) is 0 Å². The highest BCUT2D eigenvalue weighted by molar-refractivity contribution is 5.82. The molecule has 0 N–H and O–H groups in total. The first kappa shape index (κ1) is 5.40. The number of nitrogens with zero attached hydrogens (tertiary/aromatic N) is 2. The minimum Gasteiger partial charge on any atom is -0.164 e. The van der Waals surface area contributed by atoms with Crippen LogP contribution in [-0.4, -0.2) is 20.8 Å². The van der Waals surface area contributed by atoms with Crippen LogP contribution in [0.1, 0.15) is 6.42 Å². The van der Waals surface area contributed by atoms with Crippen LogP contribution in [0, 0.1) is 0 Å². The van der Waals surface area contributed by atoms with Crippen LogP contribution in [0.15, 0.2) is 10.2 Å². The summed E-state index contributed by atoms with van der Waals surface area (Å²) in [6.45, 7) is 0. The second-order valence-corrected chi connectivity index (χ2v) is 0.832. The van der Waals surface area contributed by atoms with Gasteiger partial charge in [0.1, 0.15) is 0 Å². The van der Waals surface area contributed by atoms with E-state index in [0.717, 1.165) is 6.42 Å². The molecule has 0 saturated carbocycles. The first-order chi connectivity index (χ1) is 2.50. The molecule has 0 aliphatic carbocycles. The van der Waals surface area contributed by atoms with Crippen LogP contribution in [0.2, 0.25) is 0 Å². The van der Waals surface area contributed by atoms with Crippen LogP contribution in [-0.2, 0) is 0 Å². The summed E-state index contributed by atoms with van der Waals surface area (Å²) in [7, 11) is 0. The molecule has 0 amide bonds. The Morgan fingerprint density at radius 3 is 1.83 bits per heavy atom. The molecule has 3 radical (unpaired) electrons. The molecule has 0 atom stereocenters. The number of hydrogen-bond donors (Lipinski definition) is 0. The Labute approximate surface area is 38.5 Å². The summed E-state index contributed by atoms with van der Waals surface area (Å²) >= 11 is 0. The zero-order valence-electron chi connectivity index (χ0n) is 3.33. The molecule has 6 heavy (non-hydrogen) atoms. The smallest absolute Gasteiger partial charge is 0.0324 e. The molecule has 1 aliphatic heterocycles. The van der Waals surface area contributed by atoms with E-state index >= 15 is 0 Å². The Morgan fingerprint density at radius 1 is 1.17 bits per heavy atom. The summed E-state index contributed by atoms with van der Waals surface area (Å²) in [5, 5.41) is 7.06. The van der Waals surface area contributed by atoms with Gasteiger partial charge in [0.15, 0.2) is 0 Å². The van der Waals surface area contributed by atoms with Crippen molar-refractivity contribution in [3.63, 3.8) is 0 Å². The predicted octanol–water partition coefficient (Wildman–Crippen LogP) is 0.0659. The second-order valence-electron chi connectivity index (χ2n) is 0.832. The van der Waals surface area contributed by atoms with Gasteiger partial charge in [0.2, 0.25) is 0 Å². The Hall–Kier alpha value is -0.595. The van der Waals surface area contributed by atoms with Crippen molar-refractivity contribution in [3.05, 3.63) is 0 Å². The zero-order valence-corrected chi connectivity index (χ0v) is 3.33. The van der Waals surface area contributed by atoms with Gasteiger partial charge in [-0.3, -0.25) is 0 Å². The van der Waals surface area contributed by atoms with Crippen molar-refractivity contribution in [2.45, 2.75) is 6.42 Å². The van der Waals surface area contributed by atoms with Gasteiger partial charge >= 0.3 is 0 Å². The van der Waals surface area contributed by atoms with Gasteiger partial charge in [-0.2, -0.15) is 10.2 Å². The quantitative estimate of drug-likeness (QED) is 0.367. The van der Waals surface area contributed by atoms with Crippen molar-refractivity contribution in [1.82, 2.24) is 0 Å². The first-order valence-electron chi connectivity index (χ1n) is 1.53. The van der Waals surface area contributed by atoms with E-state index in [1.54, 1.807) is 12.4 Å². The topological polar surface area (TPSA) is 24.7 Å². The van der Waals surface area contributed by atoms with Crippen molar-refractivity contribution in [3.8, 4) is 0 Å². The van der Waals surface area contributed by atoms with Gasteiger partial charge in [0, 0.05) is 27.3 Å². The summed E-state index contributed by atoms with van der Waals surface area (Å²) in [5.74, 6) is 0. The summed E-state index contributed by atoms with van der Waals surface area (Å²) in [4.78, 5) is 0. The first-order valence-corrected chi connectivity index (χ1v) is 1.53. The Balaban J connectivity index is 0.000000250. The molecule has 0 saturated heterocycles. The molecule has 0 spiro atoms. The molecule has 0 unspecified atom stereocenters. The van der Waals surface area contributed by atoms with Crippen molar-refractivity contribution < 1.29 is 0 Å². The maximum absolute atomic E-state index is 3.53. The minimum absolute atomic E-state index is 0. The van der Waals surface area contributed by atoms with Gasteiger partial charge in [-0.25, -0.2) is 0 Å². The van der Waals surface area contributed by atoms with Crippen molar-refractivity contribution in [2.24, 2.45) is 10.2 Å². The van der Waals surface area contributed by atoms with Crippen LogP contribution in [0.3, 0.4) is 0 Å². The van der Waals surface area contributed by atoms with E-state index in [2.05, 4.69) is 10.2 Å². The molecule has 0 fully saturated rings. The number of rotatable bonds is 0. The molecule has 0 bridgehead atoms. The van der Waals surface area contributed by atoms with E-state index in [1.807, 2.05) is 0 Å². The Kier molecular flexibility index (Phi) is 2.37. The van der Waals surface area contributed by atoms with Gasteiger partial charge < -0.3 is 0 Å². The van der Waals surface area contributed by atoms with Gasteiger partial charge in [0.25, 0.3) is 0 Å². The standard InChI is InChI=1S/C3H4N2.B/c1-2-4-5-3-1;/h2-3H,1H2;. The highest BCUT2D eigenvalue weighted by Gasteiger charge is 1.75. The van der Waals surface area contributed by atoms with E-state index in [0.29, 0.717) is 0 Å². The fraction of sp³-hybridized carbons (Fsp3) is 0.333. The zero-order chi connectivity index (χ0) is 3.54. The maximum Gasteiger partial charge on any atom is 0.0324 e. The van der Waals surface area contributed by atoms with Gasteiger partial charge in [-0.15, -0.1) is 0 Å². The monoisotopic (exact) mass is 79.0 g/mol. The average molecular weight is 78.9 g/mol. The molecule has 0 aromatic carbocycles. The fourth-order valence-electron chi connectivity index (χ4n) is 0.236. The van der Waals surface area contributed by atoms with E-state index in [-0.39, 0.29) is 8.41 Å². The van der Waals surface area contributed by atoms with Gasteiger partial charge in [-0.1, -0.05) is 0 Å². The van der Waals surface area contributed by atoms with E-state index in [4.69, 9.17) is 0 Å². The maximum atomic E-state index is 3.53. The normalized spacial score (nSPS) is 14.7. The molecule has 1 heterocycles. The lowest BCUT2D eigenvalue weighted by Crippen LogP contribution is -1.60. The SMILES string of the molecule is C1=NN=CC1.[B]. The third-order valence-corrected chi connectivity index (χ3v) is 0.441.